The first-order valence-electron chi connectivity index (χ1n) is 6.45. The summed E-state index contributed by atoms with van der Waals surface area (Å²) in [5.41, 5.74) is 1.94. The summed E-state index contributed by atoms with van der Waals surface area (Å²) >= 11 is 3.33. The summed E-state index contributed by atoms with van der Waals surface area (Å²) in [6.45, 7) is 1.59. The zero-order valence-corrected chi connectivity index (χ0v) is 13.1. The molecule has 21 heavy (non-hydrogen) atoms. The first-order valence-corrected chi connectivity index (χ1v) is 7.25. The number of amides is 1. The molecular formula is C16H15BrN2O2. The lowest BCUT2D eigenvalue weighted by molar-refractivity contribution is -0.114. The van der Waals surface area contributed by atoms with Crippen molar-refractivity contribution in [3.05, 3.63) is 58.6 Å². The predicted molar refractivity (Wildman–Crippen MR) is 87.7 cm³/mol. The van der Waals surface area contributed by atoms with Gasteiger partial charge in [0.25, 0.3) is 0 Å². The summed E-state index contributed by atoms with van der Waals surface area (Å²) in [6, 6.07) is 14.6. The smallest absolute Gasteiger partial charge is 0.243 e. The number of Topliss-reactive ketones (excluding diaryl/α,β-unsaturated/α-hetero) is 1. The van der Waals surface area contributed by atoms with Gasteiger partial charge >= 0.3 is 0 Å². The molecule has 0 unspecified atom stereocenters. The Morgan fingerprint density at radius 2 is 1.81 bits per heavy atom. The molecule has 0 radical (unpaired) electrons. The second-order valence-corrected chi connectivity index (χ2v) is 5.43. The van der Waals surface area contributed by atoms with Crippen molar-refractivity contribution in [1.82, 2.24) is 0 Å². The van der Waals surface area contributed by atoms with Crippen LogP contribution in [0.5, 0.6) is 0 Å². The van der Waals surface area contributed by atoms with Crippen LogP contribution in [0.2, 0.25) is 0 Å². The van der Waals surface area contributed by atoms with Gasteiger partial charge in [0.1, 0.15) is 0 Å². The molecule has 2 aromatic rings. The van der Waals surface area contributed by atoms with Gasteiger partial charge in [-0.05, 0) is 37.3 Å². The van der Waals surface area contributed by atoms with Crippen LogP contribution < -0.4 is 10.6 Å². The number of benzene rings is 2. The number of hydrogen-bond donors (Lipinski definition) is 2. The molecule has 108 valence electrons. The Morgan fingerprint density at radius 3 is 2.48 bits per heavy atom. The second kappa shape index (κ2) is 7.04. The monoisotopic (exact) mass is 346 g/mol. The maximum Gasteiger partial charge on any atom is 0.243 e. The van der Waals surface area contributed by atoms with Crippen LogP contribution in [0.15, 0.2) is 53.0 Å². The lowest BCUT2D eigenvalue weighted by Crippen LogP contribution is -2.22. The second-order valence-electron chi connectivity index (χ2n) is 4.51. The maximum atomic E-state index is 11.9. The van der Waals surface area contributed by atoms with E-state index in [1.807, 2.05) is 36.4 Å². The van der Waals surface area contributed by atoms with Crippen molar-refractivity contribution in [3.63, 3.8) is 0 Å². The molecule has 2 aromatic carbocycles. The van der Waals surface area contributed by atoms with E-state index in [4.69, 9.17) is 0 Å². The Bertz CT molecular complexity index is 657. The van der Waals surface area contributed by atoms with Gasteiger partial charge in [-0.1, -0.05) is 34.1 Å². The largest absolute Gasteiger partial charge is 0.376 e. The molecule has 0 atom stereocenters. The SMILES string of the molecule is CC(=O)c1cc(Br)ccc1NCC(=O)Nc1ccccc1. The van der Waals surface area contributed by atoms with Gasteiger partial charge < -0.3 is 10.6 Å². The molecule has 0 saturated heterocycles. The van der Waals surface area contributed by atoms with E-state index in [1.54, 1.807) is 12.1 Å². The molecule has 0 saturated carbocycles. The summed E-state index contributed by atoms with van der Waals surface area (Å²) in [5.74, 6) is -0.221. The molecule has 0 aromatic heterocycles. The average molecular weight is 347 g/mol. The van der Waals surface area contributed by atoms with Crippen LogP contribution in [-0.4, -0.2) is 18.2 Å². The molecule has 2 N–H and O–H groups in total. The van der Waals surface area contributed by atoms with Crippen molar-refractivity contribution >= 4 is 39.0 Å². The number of halogens is 1. The molecule has 2 rings (SSSR count). The molecule has 1 amide bonds. The minimum Gasteiger partial charge on any atom is -0.376 e. The average Bonchev–Trinajstić information content (AvgIpc) is 2.47. The molecule has 4 nitrogen and oxygen atoms in total. The Morgan fingerprint density at radius 1 is 1.10 bits per heavy atom. The molecule has 0 spiro atoms. The minimum atomic E-state index is -0.168. The zero-order chi connectivity index (χ0) is 15.2. The highest BCUT2D eigenvalue weighted by Crippen LogP contribution is 2.21. The summed E-state index contributed by atoms with van der Waals surface area (Å²) in [4.78, 5) is 23.5. The summed E-state index contributed by atoms with van der Waals surface area (Å²) in [7, 11) is 0. The number of hydrogen-bond acceptors (Lipinski definition) is 3. The van der Waals surface area contributed by atoms with Gasteiger partial charge in [-0.15, -0.1) is 0 Å². The fraction of sp³-hybridized carbons (Fsp3) is 0.125. The third kappa shape index (κ3) is 4.43. The van der Waals surface area contributed by atoms with E-state index in [2.05, 4.69) is 26.6 Å². The summed E-state index contributed by atoms with van der Waals surface area (Å²) in [5, 5.41) is 5.76. The fourth-order valence-corrected chi connectivity index (χ4v) is 2.23. The van der Waals surface area contributed by atoms with E-state index in [1.165, 1.54) is 6.92 Å². The van der Waals surface area contributed by atoms with Crippen molar-refractivity contribution in [2.24, 2.45) is 0 Å². The molecule has 0 fully saturated rings. The number of carbonyl (C=O) groups is 2. The number of anilines is 2. The van der Waals surface area contributed by atoms with E-state index in [0.29, 0.717) is 11.3 Å². The molecule has 0 heterocycles. The van der Waals surface area contributed by atoms with Crippen molar-refractivity contribution < 1.29 is 9.59 Å². The molecule has 0 aliphatic heterocycles. The lowest BCUT2D eigenvalue weighted by atomic mass is 10.1. The third-order valence-corrected chi connectivity index (χ3v) is 3.35. The molecule has 5 heteroatoms. The van der Waals surface area contributed by atoms with Gasteiger partial charge in [-0.3, -0.25) is 9.59 Å². The number of carbonyl (C=O) groups excluding carboxylic acids is 2. The normalized spacial score (nSPS) is 10.0. The lowest BCUT2D eigenvalue weighted by Gasteiger charge is -2.11. The van der Waals surface area contributed by atoms with Crippen LogP contribution in [0, 0.1) is 0 Å². The Balaban J connectivity index is 2.00. The van der Waals surface area contributed by atoms with E-state index >= 15 is 0 Å². The summed E-state index contributed by atoms with van der Waals surface area (Å²) in [6.07, 6.45) is 0. The van der Waals surface area contributed by atoms with Gasteiger partial charge in [0.15, 0.2) is 5.78 Å². The number of rotatable bonds is 5. The van der Waals surface area contributed by atoms with Crippen LogP contribution in [0.3, 0.4) is 0 Å². The van der Waals surface area contributed by atoms with Gasteiger partial charge in [0, 0.05) is 21.4 Å². The highest BCUT2D eigenvalue weighted by molar-refractivity contribution is 9.10. The van der Waals surface area contributed by atoms with E-state index in [-0.39, 0.29) is 18.2 Å². The maximum absolute atomic E-state index is 11.9. The minimum absolute atomic E-state index is 0.0535. The summed E-state index contributed by atoms with van der Waals surface area (Å²) < 4.78 is 0.826. The Kier molecular flexibility index (Phi) is 5.11. The van der Waals surface area contributed by atoms with E-state index in [0.717, 1.165) is 10.2 Å². The van der Waals surface area contributed by atoms with Crippen LogP contribution in [0.4, 0.5) is 11.4 Å². The molecule has 0 aliphatic rings. The Labute approximate surface area is 131 Å². The molecular weight excluding hydrogens is 332 g/mol. The van der Waals surface area contributed by atoms with Gasteiger partial charge in [-0.2, -0.15) is 0 Å². The molecule has 0 aliphatic carbocycles. The standard InChI is InChI=1S/C16H15BrN2O2/c1-11(20)14-9-12(17)7-8-15(14)18-10-16(21)19-13-5-3-2-4-6-13/h2-9,18H,10H2,1H3,(H,19,21). The number of para-hydroxylation sites is 1. The Hall–Kier alpha value is -2.14. The zero-order valence-electron chi connectivity index (χ0n) is 11.5. The number of nitrogens with one attached hydrogen (secondary N) is 2. The van der Waals surface area contributed by atoms with Crippen molar-refractivity contribution in [2.45, 2.75) is 6.92 Å². The topological polar surface area (TPSA) is 58.2 Å². The third-order valence-electron chi connectivity index (χ3n) is 2.86. The van der Waals surface area contributed by atoms with E-state index < -0.39 is 0 Å². The highest BCUT2D eigenvalue weighted by atomic mass is 79.9. The van der Waals surface area contributed by atoms with Crippen molar-refractivity contribution in [2.75, 3.05) is 17.2 Å². The quantitative estimate of drug-likeness (QED) is 0.811. The van der Waals surface area contributed by atoms with Crippen LogP contribution in [0.1, 0.15) is 17.3 Å². The predicted octanol–water partition coefficient (Wildman–Crippen LogP) is 3.70. The fourth-order valence-electron chi connectivity index (χ4n) is 1.86. The van der Waals surface area contributed by atoms with Crippen LogP contribution in [0.25, 0.3) is 0 Å². The highest BCUT2D eigenvalue weighted by Gasteiger charge is 2.09. The van der Waals surface area contributed by atoms with Crippen LogP contribution in [-0.2, 0) is 4.79 Å². The van der Waals surface area contributed by atoms with Gasteiger partial charge in [0.05, 0.1) is 6.54 Å². The van der Waals surface area contributed by atoms with Gasteiger partial charge in [0.2, 0.25) is 5.91 Å². The van der Waals surface area contributed by atoms with Crippen molar-refractivity contribution in [1.29, 1.82) is 0 Å². The van der Waals surface area contributed by atoms with E-state index in [9.17, 15) is 9.59 Å². The van der Waals surface area contributed by atoms with Crippen molar-refractivity contribution in [3.8, 4) is 0 Å². The van der Waals surface area contributed by atoms with Crippen LogP contribution >= 0.6 is 15.9 Å². The first-order chi connectivity index (χ1) is 10.1. The van der Waals surface area contributed by atoms with Gasteiger partial charge in [-0.25, -0.2) is 0 Å². The number of ketones is 1. The molecule has 0 bridgehead atoms. The first kappa shape index (κ1) is 15.3.